The van der Waals surface area contributed by atoms with Crippen molar-refractivity contribution in [2.75, 3.05) is 24.0 Å². The lowest BCUT2D eigenvalue weighted by Gasteiger charge is -2.45. The van der Waals surface area contributed by atoms with E-state index in [1.165, 1.54) is 16.7 Å². The molecule has 0 unspecified atom stereocenters. The van der Waals surface area contributed by atoms with Crippen LogP contribution < -0.4 is 19.9 Å². The van der Waals surface area contributed by atoms with Crippen LogP contribution in [0, 0.1) is 5.92 Å². The number of rotatable bonds is 11. The first-order chi connectivity index (χ1) is 23.2. The number of pyridine rings is 2. The monoisotopic (exact) mass is 648 g/mol. The molecule has 48 heavy (non-hydrogen) atoms. The second-order valence-corrected chi connectivity index (χ2v) is 11.9. The highest BCUT2D eigenvalue weighted by atomic mass is 16.5. The molecule has 2 aromatic heterocycles. The Balaban J connectivity index is 1.22. The van der Waals surface area contributed by atoms with Crippen LogP contribution in [0.15, 0.2) is 91.4 Å². The van der Waals surface area contributed by atoms with Crippen molar-refractivity contribution in [3.8, 4) is 5.75 Å². The van der Waals surface area contributed by atoms with Crippen molar-refractivity contribution < 1.29 is 29.0 Å². The smallest absolute Gasteiger partial charge is 0.413 e. The molecule has 5 amide bonds. The number of benzene rings is 2. The standard InChI is InChI=1S/C36H36N6O6/c1-40(27-14-16-37-17-15-27)34(44)32-30(33(43)42(32)35(45)39-21-26-5-3-4-6-29(26)25-9-10-25)19-24-13-18-38-31(20-24)41(36(46)47)22-23-7-11-28(48-2)12-8-23/h3-8,11-18,20,25,30,32H,9-10,19,21-22H2,1-2H3,(H,39,45)(H,46,47)/t30-,32+/m1/s1. The molecule has 0 spiro atoms. The summed E-state index contributed by atoms with van der Waals surface area (Å²) in [5.74, 6) is -0.480. The molecule has 1 aliphatic carbocycles. The van der Waals surface area contributed by atoms with Gasteiger partial charge in [0.1, 0.15) is 17.6 Å². The Morgan fingerprint density at radius 1 is 0.979 bits per heavy atom. The van der Waals surface area contributed by atoms with Crippen LogP contribution in [0.3, 0.4) is 0 Å². The van der Waals surface area contributed by atoms with Crippen molar-refractivity contribution in [1.82, 2.24) is 20.2 Å². The highest BCUT2D eigenvalue weighted by Crippen LogP contribution is 2.41. The average Bonchev–Trinajstić information content (AvgIpc) is 3.96. The second kappa shape index (κ2) is 13.9. The van der Waals surface area contributed by atoms with Gasteiger partial charge in [0.15, 0.2) is 0 Å². The molecular formula is C36H36N6O6. The van der Waals surface area contributed by atoms with E-state index < -0.39 is 35.9 Å². The van der Waals surface area contributed by atoms with Crippen molar-refractivity contribution in [2.45, 2.75) is 44.3 Å². The third-order valence-electron chi connectivity index (χ3n) is 8.84. The SMILES string of the molecule is COc1ccc(CN(C(=O)O)c2cc(C[C@H]3C(=O)N(C(=O)NCc4ccccc4C4CC4)[C@@H]3C(=O)N(C)c3ccncc3)ccn2)cc1. The fourth-order valence-corrected chi connectivity index (χ4v) is 6.04. The zero-order valence-corrected chi connectivity index (χ0v) is 26.7. The lowest BCUT2D eigenvalue weighted by atomic mass is 9.81. The van der Waals surface area contributed by atoms with Crippen molar-refractivity contribution in [3.63, 3.8) is 0 Å². The van der Waals surface area contributed by atoms with Gasteiger partial charge in [-0.1, -0.05) is 36.4 Å². The van der Waals surface area contributed by atoms with E-state index in [1.807, 2.05) is 18.2 Å². The number of amides is 5. The second-order valence-electron chi connectivity index (χ2n) is 11.9. The quantitative estimate of drug-likeness (QED) is 0.217. The summed E-state index contributed by atoms with van der Waals surface area (Å²) in [7, 11) is 3.14. The summed E-state index contributed by atoms with van der Waals surface area (Å²) in [5, 5.41) is 12.9. The van der Waals surface area contributed by atoms with Crippen LogP contribution in [0.5, 0.6) is 5.75 Å². The van der Waals surface area contributed by atoms with Crippen molar-refractivity contribution in [3.05, 3.63) is 114 Å². The summed E-state index contributed by atoms with van der Waals surface area (Å²) in [6.07, 6.45) is 5.70. The molecule has 2 N–H and O–H groups in total. The molecule has 2 aliphatic rings. The van der Waals surface area contributed by atoms with E-state index >= 15 is 0 Å². The van der Waals surface area contributed by atoms with Crippen LogP contribution in [-0.4, -0.2) is 64.1 Å². The summed E-state index contributed by atoms with van der Waals surface area (Å²) >= 11 is 0. The highest BCUT2D eigenvalue weighted by molar-refractivity contribution is 6.12. The predicted molar refractivity (Wildman–Crippen MR) is 178 cm³/mol. The number of urea groups is 1. The molecule has 12 nitrogen and oxygen atoms in total. The number of anilines is 2. The lowest BCUT2D eigenvalue weighted by Crippen LogP contribution is -2.70. The van der Waals surface area contributed by atoms with Gasteiger partial charge in [-0.2, -0.15) is 0 Å². The molecule has 6 rings (SSSR count). The van der Waals surface area contributed by atoms with E-state index in [4.69, 9.17) is 4.74 Å². The number of aromatic nitrogens is 2. The minimum absolute atomic E-state index is 0.0355. The minimum Gasteiger partial charge on any atom is -0.497 e. The Labute approximate surface area is 278 Å². The summed E-state index contributed by atoms with van der Waals surface area (Å²) in [6, 6.07) is 19.8. The van der Waals surface area contributed by atoms with Gasteiger partial charge in [-0.05, 0) is 83.8 Å². The van der Waals surface area contributed by atoms with Crippen molar-refractivity contribution in [1.29, 1.82) is 0 Å². The normalized spacial score (nSPS) is 16.9. The van der Waals surface area contributed by atoms with Crippen molar-refractivity contribution in [2.24, 2.45) is 5.92 Å². The average molecular weight is 649 g/mol. The first-order valence-corrected chi connectivity index (χ1v) is 15.7. The largest absolute Gasteiger partial charge is 0.497 e. The number of hydrogen-bond donors (Lipinski definition) is 2. The van der Waals surface area contributed by atoms with Crippen LogP contribution in [0.1, 0.15) is 41.0 Å². The number of likely N-dealkylation sites (tertiary alicyclic amines) is 1. The minimum atomic E-state index is -1.20. The van der Waals surface area contributed by atoms with E-state index in [9.17, 15) is 24.3 Å². The fraction of sp³-hybridized carbons (Fsp3) is 0.278. The number of β-lactam (4-membered cyclic amide) rings is 1. The van der Waals surface area contributed by atoms with Gasteiger partial charge in [0.05, 0.1) is 19.6 Å². The van der Waals surface area contributed by atoms with E-state index in [0.717, 1.165) is 33.8 Å². The summed E-state index contributed by atoms with van der Waals surface area (Å²) in [5.41, 5.74) is 4.06. The van der Waals surface area contributed by atoms with Crippen LogP contribution in [0.25, 0.3) is 0 Å². The van der Waals surface area contributed by atoms with Gasteiger partial charge in [-0.15, -0.1) is 0 Å². The molecule has 246 valence electrons. The Kier molecular flexibility index (Phi) is 9.33. The first kappa shape index (κ1) is 32.2. The van der Waals surface area contributed by atoms with E-state index in [2.05, 4.69) is 21.4 Å². The topological polar surface area (TPSA) is 145 Å². The number of carboxylic acid groups (broad SMARTS) is 1. The van der Waals surface area contributed by atoms with E-state index in [0.29, 0.717) is 22.9 Å². The van der Waals surface area contributed by atoms with Gasteiger partial charge in [0.2, 0.25) is 5.91 Å². The Hall–Kier alpha value is -5.78. The summed E-state index contributed by atoms with van der Waals surface area (Å²) in [6.45, 7) is 0.266. The van der Waals surface area contributed by atoms with Crippen LogP contribution >= 0.6 is 0 Å². The van der Waals surface area contributed by atoms with Gasteiger partial charge >= 0.3 is 12.1 Å². The van der Waals surface area contributed by atoms with E-state index in [1.54, 1.807) is 75.1 Å². The van der Waals surface area contributed by atoms with Gasteiger partial charge in [-0.25, -0.2) is 14.6 Å². The molecule has 1 saturated carbocycles. The maximum Gasteiger partial charge on any atom is 0.413 e. The molecule has 0 bridgehead atoms. The molecule has 2 atom stereocenters. The number of nitrogens with zero attached hydrogens (tertiary/aromatic N) is 5. The lowest BCUT2D eigenvalue weighted by molar-refractivity contribution is -0.156. The third-order valence-corrected chi connectivity index (χ3v) is 8.84. The molecule has 2 aromatic carbocycles. The number of imide groups is 1. The number of hydrogen-bond acceptors (Lipinski definition) is 7. The number of carbonyl (C=O) groups excluding carboxylic acids is 3. The maximum atomic E-state index is 14.0. The highest BCUT2D eigenvalue weighted by Gasteiger charge is 2.55. The van der Waals surface area contributed by atoms with Crippen LogP contribution in [0.4, 0.5) is 21.1 Å². The molecule has 2 fully saturated rings. The van der Waals surface area contributed by atoms with Gasteiger partial charge < -0.3 is 20.1 Å². The molecule has 1 aliphatic heterocycles. The number of nitrogens with one attached hydrogen (secondary N) is 1. The van der Waals surface area contributed by atoms with Crippen molar-refractivity contribution >= 4 is 35.4 Å². The van der Waals surface area contributed by atoms with Gasteiger partial charge in [0.25, 0.3) is 5.91 Å². The fourth-order valence-electron chi connectivity index (χ4n) is 6.04. The Bertz CT molecular complexity index is 1810. The third kappa shape index (κ3) is 6.82. The molecule has 3 heterocycles. The Morgan fingerprint density at radius 2 is 1.71 bits per heavy atom. The number of ether oxygens (including phenoxy) is 1. The molecular weight excluding hydrogens is 612 g/mol. The molecule has 4 aromatic rings. The van der Waals surface area contributed by atoms with Crippen LogP contribution in [0.2, 0.25) is 0 Å². The maximum absolute atomic E-state index is 14.0. The van der Waals surface area contributed by atoms with Gasteiger partial charge in [-0.3, -0.25) is 24.4 Å². The zero-order chi connectivity index (χ0) is 33.8. The molecule has 0 radical (unpaired) electrons. The number of methoxy groups -OCH3 is 1. The number of carbonyl (C=O) groups is 4. The Morgan fingerprint density at radius 3 is 2.40 bits per heavy atom. The molecule has 12 heteroatoms. The zero-order valence-electron chi connectivity index (χ0n) is 26.7. The first-order valence-electron chi connectivity index (χ1n) is 15.7. The summed E-state index contributed by atoms with van der Waals surface area (Å²) in [4.78, 5) is 65.2. The van der Waals surface area contributed by atoms with Gasteiger partial charge in [0, 0.05) is 37.9 Å². The predicted octanol–water partition coefficient (Wildman–Crippen LogP) is 4.99. The molecule has 1 saturated heterocycles. The van der Waals surface area contributed by atoms with Crippen LogP contribution in [-0.2, 0) is 29.1 Å². The summed E-state index contributed by atoms with van der Waals surface area (Å²) < 4.78 is 5.19. The number of likely N-dealkylation sites (N-methyl/N-ethyl adjacent to an activating group) is 1. The van der Waals surface area contributed by atoms with E-state index in [-0.39, 0.29) is 25.3 Å².